The molecule has 0 aromatic heterocycles. The molecule has 1 heterocycles. The third kappa shape index (κ3) is 7.60. The standard InChI is InChI=1S/C37H37N5O6/c1-45-32-17-8-14-28(33(32)46-2)25-39-36(44)37(22-9-13-26-11-4-3-5-12-26)34(30-15-6-7-16-31(30)41-42-38)48-35(40-37)27-18-20-29(21-19-27)47-24-10-23-43/h3-9,11-21,34,43H,10,22-25H2,1-2H3,(H,39,44)/b13-9+/t34-,37-/m1/s1. The second-order valence-electron chi connectivity index (χ2n) is 10.9. The number of aliphatic hydroxyl groups excluding tert-OH is 1. The maximum atomic E-state index is 14.6. The molecular formula is C37H37N5O6. The Bertz CT molecular complexity index is 1800. The van der Waals surface area contributed by atoms with E-state index in [4.69, 9.17) is 29.0 Å². The minimum Gasteiger partial charge on any atom is -0.494 e. The Labute approximate surface area is 279 Å². The predicted octanol–water partition coefficient (Wildman–Crippen LogP) is 7.08. The lowest BCUT2D eigenvalue weighted by atomic mass is 9.83. The highest BCUT2D eigenvalue weighted by molar-refractivity contribution is 6.01. The van der Waals surface area contributed by atoms with E-state index in [9.17, 15) is 10.3 Å². The van der Waals surface area contributed by atoms with Crippen molar-refractivity contribution in [3.63, 3.8) is 0 Å². The van der Waals surface area contributed by atoms with E-state index < -0.39 is 17.6 Å². The minimum atomic E-state index is -1.51. The number of aliphatic hydroxyl groups is 1. The number of nitrogens with zero attached hydrogens (tertiary/aromatic N) is 4. The van der Waals surface area contributed by atoms with Gasteiger partial charge in [-0.05, 0) is 41.4 Å². The number of carbonyl (C=O) groups is 1. The Kier molecular flexibility index (Phi) is 11.3. The van der Waals surface area contributed by atoms with Crippen LogP contribution in [0.1, 0.15) is 41.2 Å². The maximum Gasteiger partial charge on any atom is 0.252 e. The summed E-state index contributed by atoms with van der Waals surface area (Å²) in [5.41, 5.74) is 11.0. The summed E-state index contributed by atoms with van der Waals surface area (Å²) in [4.78, 5) is 22.7. The van der Waals surface area contributed by atoms with Gasteiger partial charge in [0.05, 0.1) is 20.8 Å². The van der Waals surface area contributed by atoms with Gasteiger partial charge in [0.1, 0.15) is 5.75 Å². The summed E-state index contributed by atoms with van der Waals surface area (Å²) in [6.07, 6.45) is 3.55. The summed E-state index contributed by atoms with van der Waals surface area (Å²) in [6, 6.07) is 29.4. The Hall–Kier alpha value is -5.77. The highest BCUT2D eigenvalue weighted by Gasteiger charge is 2.53. The van der Waals surface area contributed by atoms with Gasteiger partial charge in [-0.25, -0.2) is 4.99 Å². The first-order valence-electron chi connectivity index (χ1n) is 15.5. The fourth-order valence-corrected chi connectivity index (χ4v) is 5.50. The van der Waals surface area contributed by atoms with Crippen molar-refractivity contribution >= 4 is 23.6 Å². The molecule has 4 aromatic carbocycles. The number of rotatable bonds is 15. The molecule has 0 radical (unpaired) electrons. The summed E-state index contributed by atoms with van der Waals surface area (Å²) in [5.74, 6) is 1.53. The molecule has 0 spiro atoms. The van der Waals surface area contributed by atoms with Gasteiger partial charge in [-0.1, -0.05) is 84.0 Å². The Morgan fingerprint density at radius 3 is 2.52 bits per heavy atom. The molecule has 0 saturated heterocycles. The molecule has 0 fully saturated rings. The number of benzene rings is 4. The lowest BCUT2D eigenvalue weighted by molar-refractivity contribution is -0.129. The molecular weight excluding hydrogens is 610 g/mol. The van der Waals surface area contributed by atoms with Crippen LogP contribution in [0.2, 0.25) is 0 Å². The highest BCUT2D eigenvalue weighted by atomic mass is 16.5. The van der Waals surface area contributed by atoms with Crippen molar-refractivity contribution in [3.8, 4) is 17.2 Å². The van der Waals surface area contributed by atoms with Crippen molar-refractivity contribution in [3.05, 3.63) is 136 Å². The lowest BCUT2D eigenvalue weighted by Gasteiger charge is -2.30. The van der Waals surface area contributed by atoms with Crippen LogP contribution in [-0.2, 0) is 16.1 Å². The van der Waals surface area contributed by atoms with Crippen LogP contribution in [0.15, 0.2) is 113 Å². The molecule has 1 aliphatic rings. The van der Waals surface area contributed by atoms with E-state index in [0.29, 0.717) is 52.7 Å². The van der Waals surface area contributed by atoms with E-state index in [-0.39, 0.29) is 25.5 Å². The SMILES string of the molecule is COc1cccc(CNC(=O)[C@]2(C/C=C/c3ccccc3)N=C(c3ccc(OCCCO)cc3)O[C@@H]2c2ccccc2N=[N+]=[N-])c1OC. The Morgan fingerprint density at radius 2 is 1.79 bits per heavy atom. The van der Waals surface area contributed by atoms with Crippen LogP contribution in [0.25, 0.3) is 16.5 Å². The molecule has 5 rings (SSSR count). The summed E-state index contributed by atoms with van der Waals surface area (Å²) >= 11 is 0. The molecule has 0 unspecified atom stereocenters. The van der Waals surface area contributed by atoms with Gasteiger partial charge in [0.25, 0.3) is 5.91 Å². The van der Waals surface area contributed by atoms with E-state index in [1.807, 2.05) is 54.6 Å². The van der Waals surface area contributed by atoms with Crippen molar-refractivity contribution in [2.45, 2.75) is 31.0 Å². The first-order chi connectivity index (χ1) is 23.5. The molecule has 4 aromatic rings. The van der Waals surface area contributed by atoms with E-state index in [1.165, 1.54) is 0 Å². The van der Waals surface area contributed by atoms with Crippen LogP contribution in [0.5, 0.6) is 17.2 Å². The van der Waals surface area contributed by atoms with Crippen LogP contribution in [0, 0.1) is 0 Å². The molecule has 11 nitrogen and oxygen atoms in total. The number of para-hydroxylation sites is 1. The first kappa shape index (κ1) is 33.6. The van der Waals surface area contributed by atoms with Gasteiger partial charge in [0.2, 0.25) is 5.90 Å². The largest absolute Gasteiger partial charge is 0.494 e. The predicted molar refractivity (Wildman–Crippen MR) is 183 cm³/mol. The summed E-state index contributed by atoms with van der Waals surface area (Å²) in [7, 11) is 3.10. The van der Waals surface area contributed by atoms with Crippen LogP contribution < -0.4 is 19.5 Å². The zero-order valence-corrected chi connectivity index (χ0v) is 26.8. The normalized spacial score (nSPS) is 16.8. The first-order valence-corrected chi connectivity index (χ1v) is 15.5. The zero-order valence-electron chi connectivity index (χ0n) is 26.8. The fourth-order valence-electron chi connectivity index (χ4n) is 5.50. The van der Waals surface area contributed by atoms with Crippen LogP contribution in [0.4, 0.5) is 5.69 Å². The second-order valence-corrected chi connectivity index (χ2v) is 10.9. The number of hydrogen-bond acceptors (Lipinski definition) is 8. The number of ether oxygens (including phenoxy) is 4. The monoisotopic (exact) mass is 647 g/mol. The van der Waals surface area contributed by atoms with E-state index in [2.05, 4.69) is 15.3 Å². The summed E-state index contributed by atoms with van der Waals surface area (Å²) < 4.78 is 23.4. The fraction of sp³-hybridized carbons (Fsp3) is 0.243. The molecule has 0 aliphatic carbocycles. The van der Waals surface area contributed by atoms with Gasteiger partial charge >= 0.3 is 0 Å². The average Bonchev–Trinajstić information content (AvgIpc) is 3.52. The number of amides is 1. The smallest absolute Gasteiger partial charge is 0.252 e. The number of carbonyl (C=O) groups excluding carboxylic acids is 1. The van der Waals surface area contributed by atoms with Crippen LogP contribution >= 0.6 is 0 Å². The second kappa shape index (κ2) is 16.2. The van der Waals surface area contributed by atoms with Crippen molar-refractivity contribution in [2.75, 3.05) is 27.4 Å². The summed E-state index contributed by atoms with van der Waals surface area (Å²) in [6.45, 7) is 0.536. The van der Waals surface area contributed by atoms with Gasteiger partial charge in [0, 0.05) is 53.3 Å². The van der Waals surface area contributed by atoms with Gasteiger partial charge in [-0.3, -0.25) is 4.79 Å². The van der Waals surface area contributed by atoms with Crippen LogP contribution in [0.3, 0.4) is 0 Å². The molecule has 11 heteroatoms. The van der Waals surface area contributed by atoms with E-state index in [1.54, 1.807) is 68.8 Å². The third-order valence-electron chi connectivity index (χ3n) is 7.86. The summed E-state index contributed by atoms with van der Waals surface area (Å²) in [5, 5.41) is 16.1. The zero-order chi connectivity index (χ0) is 33.8. The van der Waals surface area contributed by atoms with Gasteiger partial charge in [0.15, 0.2) is 23.1 Å². The molecule has 2 N–H and O–H groups in total. The number of azide groups is 1. The maximum absolute atomic E-state index is 14.6. The number of hydrogen-bond donors (Lipinski definition) is 2. The van der Waals surface area contributed by atoms with Crippen molar-refractivity contribution in [1.29, 1.82) is 0 Å². The molecule has 0 bridgehead atoms. The average molecular weight is 648 g/mol. The van der Waals surface area contributed by atoms with Gasteiger partial charge < -0.3 is 29.4 Å². The van der Waals surface area contributed by atoms with Crippen molar-refractivity contribution in [2.24, 2.45) is 10.1 Å². The van der Waals surface area contributed by atoms with E-state index >= 15 is 0 Å². The number of methoxy groups -OCH3 is 2. The van der Waals surface area contributed by atoms with Crippen molar-refractivity contribution in [1.82, 2.24) is 5.32 Å². The number of nitrogens with one attached hydrogen (secondary N) is 1. The molecule has 246 valence electrons. The molecule has 1 amide bonds. The number of aliphatic imine (C=N–C) groups is 1. The third-order valence-corrected chi connectivity index (χ3v) is 7.86. The molecule has 1 aliphatic heterocycles. The van der Waals surface area contributed by atoms with E-state index in [0.717, 1.165) is 5.56 Å². The molecule has 0 saturated carbocycles. The Morgan fingerprint density at radius 1 is 1.02 bits per heavy atom. The highest BCUT2D eigenvalue weighted by Crippen LogP contribution is 2.46. The lowest BCUT2D eigenvalue weighted by Crippen LogP contribution is -2.47. The topological polar surface area (TPSA) is 147 Å². The minimum absolute atomic E-state index is 0.0366. The van der Waals surface area contributed by atoms with Gasteiger partial charge in [-0.2, -0.15) is 0 Å². The van der Waals surface area contributed by atoms with Crippen molar-refractivity contribution < 1.29 is 28.8 Å². The Balaban J connectivity index is 1.59. The molecule has 48 heavy (non-hydrogen) atoms. The van der Waals surface area contributed by atoms with Crippen LogP contribution in [-0.4, -0.2) is 49.9 Å². The quantitative estimate of drug-likeness (QED) is 0.0610. The molecule has 2 atom stereocenters. The van der Waals surface area contributed by atoms with Gasteiger partial charge in [-0.15, -0.1) is 0 Å².